The fourth-order valence-corrected chi connectivity index (χ4v) is 3.57. The van der Waals surface area contributed by atoms with Crippen molar-refractivity contribution >= 4 is 39.9 Å². The number of aryl methyl sites for hydroxylation is 1. The van der Waals surface area contributed by atoms with Crippen molar-refractivity contribution in [2.24, 2.45) is 0 Å². The van der Waals surface area contributed by atoms with Crippen LogP contribution in [-0.2, 0) is 4.79 Å². The van der Waals surface area contributed by atoms with Crippen LogP contribution < -0.4 is 10.2 Å². The summed E-state index contributed by atoms with van der Waals surface area (Å²) in [5, 5.41) is 16.7. The first-order valence-electron chi connectivity index (χ1n) is 7.32. The highest BCUT2D eigenvalue weighted by atomic mass is 35.5. The average molecular weight is 367 g/mol. The number of anilines is 2. The van der Waals surface area contributed by atoms with Crippen LogP contribution in [0.15, 0.2) is 10.6 Å². The summed E-state index contributed by atoms with van der Waals surface area (Å²) in [5.74, 6) is 0.944. The van der Waals surface area contributed by atoms with E-state index in [1.54, 1.807) is 13.0 Å². The number of piperazine rings is 1. The molecule has 1 N–H and O–H groups in total. The molecule has 2 aromatic heterocycles. The van der Waals surface area contributed by atoms with E-state index in [1.807, 2.05) is 4.90 Å². The van der Waals surface area contributed by atoms with Crippen molar-refractivity contribution in [2.75, 3.05) is 42.9 Å². The van der Waals surface area contributed by atoms with Gasteiger partial charge >= 0.3 is 0 Å². The van der Waals surface area contributed by atoms with Gasteiger partial charge in [0, 0.05) is 32.2 Å². The normalized spacial score (nSPS) is 15.3. The molecule has 1 amide bonds. The van der Waals surface area contributed by atoms with Crippen molar-refractivity contribution in [1.29, 1.82) is 5.26 Å². The third-order valence-electron chi connectivity index (χ3n) is 3.67. The number of rotatable bonds is 4. The van der Waals surface area contributed by atoms with Gasteiger partial charge in [0.25, 0.3) is 0 Å². The Labute approximate surface area is 147 Å². The van der Waals surface area contributed by atoms with E-state index in [0.29, 0.717) is 43.3 Å². The lowest BCUT2D eigenvalue weighted by Gasteiger charge is -2.34. The Hall–Kier alpha value is -2.15. The van der Waals surface area contributed by atoms with Gasteiger partial charge in [-0.25, -0.2) is 0 Å². The molecule has 2 aromatic rings. The molecule has 10 heteroatoms. The molecule has 1 fully saturated rings. The second kappa shape index (κ2) is 7.17. The van der Waals surface area contributed by atoms with Crippen LogP contribution in [0.25, 0.3) is 0 Å². The number of nitrogens with zero attached hydrogens (tertiary/aromatic N) is 5. The molecule has 126 valence electrons. The molecule has 1 aliphatic rings. The minimum absolute atomic E-state index is 0.129. The zero-order chi connectivity index (χ0) is 17.1. The molecule has 3 rings (SSSR count). The summed E-state index contributed by atoms with van der Waals surface area (Å²) in [6.07, 6.45) is 0. The van der Waals surface area contributed by atoms with Crippen molar-refractivity contribution in [1.82, 2.24) is 14.4 Å². The Morgan fingerprint density at radius 2 is 2.25 bits per heavy atom. The molecular formula is C14H15ClN6O2S. The molecule has 8 nitrogen and oxygen atoms in total. The van der Waals surface area contributed by atoms with E-state index in [9.17, 15) is 4.79 Å². The third kappa shape index (κ3) is 3.67. The summed E-state index contributed by atoms with van der Waals surface area (Å²) in [7, 11) is 0. The zero-order valence-electron chi connectivity index (χ0n) is 13.0. The maximum atomic E-state index is 12.0. The molecule has 0 aliphatic carbocycles. The maximum absolute atomic E-state index is 12.0. The van der Waals surface area contributed by atoms with Crippen LogP contribution in [0.3, 0.4) is 0 Å². The standard InChI is InChI=1S/C14H15ClN6O2S/c1-9-6-11(18-23-9)17-12(22)8-20-2-4-21(5-3-20)14-10(7-16)13(15)19-24-14/h6H,2-5,8H2,1H3,(H,17,18,22). The van der Waals surface area contributed by atoms with Gasteiger partial charge in [0.2, 0.25) is 5.91 Å². The fourth-order valence-electron chi connectivity index (χ4n) is 2.49. The molecule has 1 aliphatic heterocycles. The van der Waals surface area contributed by atoms with Crippen LogP contribution in [0.4, 0.5) is 10.8 Å². The number of hydrogen-bond acceptors (Lipinski definition) is 8. The van der Waals surface area contributed by atoms with Crippen LogP contribution in [0.5, 0.6) is 0 Å². The fraction of sp³-hybridized carbons (Fsp3) is 0.429. The molecular weight excluding hydrogens is 352 g/mol. The van der Waals surface area contributed by atoms with E-state index < -0.39 is 0 Å². The summed E-state index contributed by atoms with van der Waals surface area (Å²) in [6.45, 7) is 4.90. The Bertz CT molecular complexity index is 775. The van der Waals surface area contributed by atoms with Gasteiger partial charge in [0.1, 0.15) is 22.4 Å². The number of carbonyl (C=O) groups is 1. The van der Waals surface area contributed by atoms with Gasteiger partial charge in [-0.3, -0.25) is 9.69 Å². The zero-order valence-corrected chi connectivity index (χ0v) is 14.5. The molecule has 0 spiro atoms. The topological polar surface area (TPSA) is 98.3 Å². The highest BCUT2D eigenvalue weighted by Gasteiger charge is 2.24. The number of nitrogens with one attached hydrogen (secondary N) is 1. The second-order valence-electron chi connectivity index (χ2n) is 5.40. The molecule has 0 bridgehead atoms. The van der Waals surface area contributed by atoms with E-state index in [0.717, 1.165) is 5.00 Å². The molecule has 24 heavy (non-hydrogen) atoms. The van der Waals surface area contributed by atoms with E-state index in [1.165, 1.54) is 11.5 Å². The Balaban J connectivity index is 1.52. The van der Waals surface area contributed by atoms with E-state index in [-0.39, 0.29) is 17.6 Å². The first-order valence-corrected chi connectivity index (χ1v) is 8.47. The largest absolute Gasteiger partial charge is 0.360 e. The highest BCUT2D eigenvalue weighted by Crippen LogP contribution is 2.31. The lowest BCUT2D eigenvalue weighted by atomic mass is 10.3. The summed E-state index contributed by atoms with van der Waals surface area (Å²) in [6, 6.07) is 3.77. The molecule has 0 saturated carbocycles. The van der Waals surface area contributed by atoms with Gasteiger partial charge in [-0.2, -0.15) is 9.64 Å². The number of halogens is 1. The number of amides is 1. The second-order valence-corrected chi connectivity index (χ2v) is 6.51. The Morgan fingerprint density at radius 1 is 1.50 bits per heavy atom. The summed E-state index contributed by atoms with van der Waals surface area (Å²) < 4.78 is 8.94. The quantitative estimate of drug-likeness (QED) is 0.879. The minimum atomic E-state index is -0.129. The predicted octanol–water partition coefficient (Wildman–Crippen LogP) is 1.73. The summed E-state index contributed by atoms with van der Waals surface area (Å²) >= 11 is 7.15. The van der Waals surface area contributed by atoms with Crippen LogP contribution in [0, 0.1) is 18.3 Å². The van der Waals surface area contributed by atoms with Gasteiger partial charge in [-0.15, -0.1) is 0 Å². The van der Waals surface area contributed by atoms with Gasteiger partial charge < -0.3 is 14.7 Å². The number of aromatic nitrogens is 2. The lowest BCUT2D eigenvalue weighted by molar-refractivity contribution is -0.117. The first-order chi connectivity index (χ1) is 11.6. The van der Waals surface area contributed by atoms with Gasteiger partial charge in [-0.05, 0) is 18.5 Å². The SMILES string of the molecule is Cc1cc(NC(=O)CN2CCN(c3snc(Cl)c3C#N)CC2)no1. The van der Waals surface area contributed by atoms with E-state index >= 15 is 0 Å². The smallest absolute Gasteiger partial charge is 0.239 e. The van der Waals surface area contributed by atoms with E-state index in [2.05, 4.69) is 25.8 Å². The molecule has 0 aromatic carbocycles. The maximum Gasteiger partial charge on any atom is 0.239 e. The predicted molar refractivity (Wildman–Crippen MR) is 90.4 cm³/mol. The minimum Gasteiger partial charge on any atom is -0.360 e. The monoisotopic (exact) mass is 366 g/mol. The lowest BCUT2D eigenvalue weighted by Crippen LogP contribution is -2.48. The van der Waals surface area contributed by atoms with Crippen molar-refractivity contribution in [2.45, 2.75) is 6.92 Å². The molecule has 0 unspecified atom stereocenters. The van der Waals surface area contributed by atoms with Crippen molar-refractivity contribution in [3.05, 3.63) is 22.5 Å². The third-order valence-corrected chi connectivity index (χ3v) is 4.95. The first kappa shape index (κ1) is 16.7. The van der Waals surface area contributed by atoms with Crippen molar-refractivity contribution in [3.63, 3.8) is 0 Å². The van der Waals surface area contributed by atoms with Gasteiger partial charge in [0.15, 0.2) is 11.0 Å². The number of hydrogen-bond donors (Lipinski definition) is 1. The Morgan fingerprint density at radius 3 is 2.88 bits per heavy atom. The van der Waals surface area contributed by atoms with Gasteiger partial charge in [-0.1, -0.05) is 16.8 Å². The van der Waals surface area contributed by atoms with Gasteiger partial charge in [0.05, 0.1) is 6.54 Å². The van der Waals surface area contributed by atoms with E-state index in [4.69, 9.17) is 21.4 Å². The van der Waals surface area contributed by atoms with Crippen LogP contribution in [0.1, 0.15) is 11.3 Å². The highest BCUT2D eigenvalue weighted by molar-refractivity contribution is 7.10. The number of carbonyl (C=O) groups excluding carboxylic acids is 1. The Kier molecular flexibility index (Phi) is 4.99. The van der Waals surface area contributed by atoms with Crippen LogP contribution in [-0.4, -0.2) is 53.1 Å². The molecule has 0 atom stereocenters. The van der Waals surface area contributed by atoms with Crippen LogP contribution >= 0.6 is 23.1 Å². The van der Waals surface area contributed by atoms with Crippen LogP contribution in [0.2, 0.25) is 5.15 Å². The van der Waals surface area contributed by atoms with Crippen molar-refractivity contribution in [3.8, 4) is 6.07 Å². The molecule has 0 radical (unpaired) electrons. The average Bonchev–Trinajstić information content (AvgIpc) is 3.13. The number of nitriles is 1. The summed E-state index contributed by atoms with van der Waals surface area (Å²) in [5.41, 5.74) is 0.425. The molecule has 3 heterocycles. The van der Waals surface area contributed by atoms with Crippen molar-refractivity contribution < 1.29 is 9.32 Å². The summed E-state index contributed by atoms with van der Waals surface area (Å²) in [4.78, 5) is 16.2. The molecule has 1 saturated heterocycles.